The maximum absolute atomic E-state index is 11.6. The lowest BCUT2D eigenvalue weighted by Crippen LogP contribution is -2.31. The number of nitrogens with one attached hydrogen (secondary N) is 2. The van der Waals surface area contributed by atoms with Crippen molar-refractivity contribution in [1.82, 2.24) is 24.2 Å². The van der Waals surface area contributed by atoms with Gasteiger partial charge in [-0.3, -0.25) is 13.9 Å². The molecule has 2 aromatic rings. The molecule has 3 rings (SSSR count). The predicted octanol–water partition coefficient (Wildman–Crippen LogP) is -0.810. The van der Waals surface area contributed by atoms with Gasteiger partial charge in [0.05, 0.1) is 18.8 Å². The summed E-state index contributed by atoms with van der Waals surface area (Å²) >= 11 is 0. The van der Waals surface area contributed by atoms with E-state index < -0.39 is 10.3 Å². The summed E-state index contributed by atoms with van der Waals surface area (Å²) < 4.78 is 39.2. The van der Waals surface area contributed by atoms with E-state index >= 15 is 0 Å². The summed E-state index contributed by atoms with van der Waals surface area (Å²) in [5.41, 5.74) is 0.300. The van der Waals surface area contributed by atoms with E-state index in [0.717, 1.165) is 0 Å². The van der Waals surface area contributed by atoms with Crippen LogP contribution in [0.3, 0.4) is 0 Å². The lowest BCUT2D eigenvalue weighted by atomic mass is 10.2. The smallest absolute Gasteiger partial charge is 0.333 e. The number of nitrogens with zero attached hydrogens (tertiary/aromatic N) is 3. The number of imidazole rings is 1. The first kappa shape index (κ1) is 14.1. The number of ether oxygens (including phenoxy) is 1. The molecular formula is C10H13N5O5S. The second-order valence-electron chi connectivity index (χ2n) is 4.67. The van der Waals surface area contributed by atoms with Gasteiger partial charge in [-0.2, -0.15) is 13.1 Å². The molecule has 1 saturated heterocycles. The van der Waals surface area contributed by atoms with E-state index in [1.165, 1.54) is 12.7 Å². The Hall–Kier alpha value is -1.82. The van der Waals surface area contributed by atoms with Crippen LogP contribution >= 0.6 is 0 Å². The molecule has 21 heavy (non-hydrogen) atoms. The minimum absolute atomic E-state index is 0.0179. The molecule has 10 nitrogen and oxygen atoms in total. The molecule has 0 unspecified atom stereocenters. The fourth-order valence-corrected chi connectivity index (χ4v) is 2.71. The Balaban J connectivity index is 1.76. The molecule has 0 aromatic carbocycles. The van der Waals surface area contributed by atoms with Crippen molar-refractivity contribution in [2.24, 2.45) is 0 Å². The molecule has 0 bridgehead atoms. The van der Waals surface area contributed by atoms with E-state index in [0.29, 0.717) is 18.5 Å². The van der Waals surface area contributed by atoms with Gasteiger partial charge in [0.2, 0.25) is 0 Å². The zero-order valence-corrected chi connectivity index (χ0v) is 11.6. The number of rotatable bonds is 4. The molecule has 3 heterocycles. The van der Waals surface area contributed by atoms with E-state index in [-0.39, 0.29) is 30.0 Å². The number of H-pyrrole nitrogens is 1. The van der Waals surface area contributed by atoms with Crippen molar-refractivity contribution in [3.63, 3.8) is 0 Å². The molecule has 0 radical (unpaired) electrons. The third kappa shape index (κ3) is 2.95. The van der Waals surface area contributed by atoms with E-state index in [1.807, 2.05) is 4.72 Å². The molecule has 0 aliphatic carbocycles. The van der Waals surface area contributed by atoms with Crippen molar-refractivity contribution in [2.45, 2.75) is 25.2 Å². The van der Waals surface area contributed by atoms with Gasteiger partial charge in [0.15, 0.2) is 11.2 Å². The van der Waals surface area contributed by atoms with Crippen molar-refractivity contribution in [3.8, 4) is 0 Å². The molecule has 114 valence electrons. The number of aromatic amines is 1. The highest BCUT2D eigenvalue weighted by atomic mass is 32.2. The fourth-order valence-electron chi connectivity index (χ4n) is 2.31. The Bertz CT molecular complexity index is 813. The highest BCUT2D eigenvalue weighted by Gasteiger charge is 2.28. The molecule has 2 aromatic heterocycles. The van der Waals surface area contributed by atoms with Crippen LogP contribution in [-0.2, 0) is 15.0 Å². The lowest BCUT2D eigenvalue weighted by molar-refractivity contribution is 0.00690. The largest absolute Gasteiger partial charge is 0.353 e. The molecular weight excluding hydrogens is 302 g/mol. The van der Waals surface area contributed by atoms with E-state index in [9.17, 15) is 13.2 Å². The van der Waals surface area contributed by atoms with E-state index in [2.05, 4.69) is 15.0 Å². The van der Waals surface area contributed by atoms with Crippen LogP contribution in [0.15, 0.2) is 17.4 Å². The van der Waals surface area contributed by atoms with Crippen molar-refractivity contribution in [3.05, 3.63) is 23.0 Å². The van der Waals surface area contributed by atoms with Crippen molar-refractivity contribution in [1.29, 1.82) is 0 Å². The third-order valence-electron chi connectivity index (χ3n) is 3.25. The molecule has 11 heteroatoms. The van der Waals surface area contributed by atoms with Gasteiger partial charge < -0.3 is 9.72 Å². The van der Waals surface area contributed by atoms with Crippen molar-refractivity contribution >= 4 is 21.5 Å². The first-order valence-electron chi connectivity index (χ1n) is 6.22. The average molecular weight is 315 g/mol. The maximum Gasteiger partial charge on any atom is 0.333 e. The monoisotopic (exact) mass is 315 g/mol. The second-order valence-corrected chi connectivity index (χ2v) is 5.91. The van der Waals surface area contributed by atoms with Crippen molar-refractivity contribution in [2.75, 3.05) is 6.54 Å². The summed E-state index contributed by atoms with van der Waals surface area (Å²) in [6.45, 7) is -0.0179. The highest BCUT2D eigenvalue weighted by Crippen LogP contribution is 2.29. The standard InChI is InChI=1S/C10H13N5O5S/c16-10-8-9(11-4-12-10)15(5-13-8)7-2-1-6(20-7)3-14-21(17,18)19/h4-7,14H,1-3H2,(H,11,12,16)(H,17,18,19)/t6-,7+/m0/s1. The van der Waals surface area contributed by atoms with Gasteiger partial charge in [-0.05, 0) is 12.8 Å². The van der Waals surface area contributed by atoms with Crippen LogP contribution < -0.4 is 10.3 Å². The van der Waals surface area contributed by atoms with Crippen LogP contribution in [0.4, 0.5) is 0 Å². The second kappa shape index (κ2) is 5.18. The summed E-state index contributed by atoms with van der Waals surface area (Å²) in [5.74, 6) is 0. The van der Waals surface area contributed by atoms with Gasteiger partial charge in [0, 0.05) is 6.54 Å². The predicted molar refractivity (Wildman–Crippen MR) is 70.8 cm³/mol. The summed E-state index contributed by atoms with van der Waals surface area (Å²) in [6, 6.07) is 0. The highest BCUT2D eigenvalue weighted by molar-refractivity contribution is 7.83. The van der Waals surface area contributed by atoms with Crippen LogP contribution in [0.1, 0.15) is 19.1 Å². The zero-order chi connectivity index (χ0) is 15.0. The molecule has 1 fully saturated rings. The molecule has 1 aliphatic heterocycles. The summed E-state index contributed by atoms with van der Waals surface area (Å²) in [4.78, 5) is 22.1. The topological polar surface area (TPSA) is 139 Å². The Kier molecular flexibility index (Phi) is 3.49. The van der Waals surface area contributed by atoms with E-state index in [4.69, 9.17) is 9.29 Å². The molecule has 2 atom stereocenters. The fraction of sp³-hybridized carbons (Fsp3) is 0.500. The first-order valence-corrected chi connectivity index (χ1v) is 7.66. The minimum atomic E-state index is -4.23. The maximum atomic E-state index is 11.6. The summed E-state index contributed by atoms with van der Waals surface area (Å²) in [7, 11) is -4.23. The van der Waals surface area contributed by atoms with Gasteiger partial charge in [-0.1, -0.05) is 0 Å². The van der Waals surface area contributed by atoms with Gasteiger partial charge in [0.25, 0.3) is 5.56 Å². The van der Waals surface area contributed by atoms with Crippen LogP contribution in [0, 0.1) is 0 Å². The Labute approximate surface area is 119 Å². The van der Waals surface area contributed by atoms with E-state index in [1.54, 1.807) is 4.57 Å². The molecule has 0 saturated carbocycles. The summed E-state index contributed by atoms with van der Waals surface area (Å²) in [5, 5.41) is 0. The molecule has 1 aliphatic rings. The number of hydrogen-bond acceptors (Lipinski definition) is 6. The van der Waals surface area contributed by atoms with Gasteiger partial charge in [-0.25, -0.2) is 9.97 Å². The zero-order valence-electron chi connectivity index (χ0n) is 10.8. The van der Waals surface area contributed by atoms with Crippen molar-refractivity contribution < 1.29 is 17.7 Å². The quantitative estimate of drug-likeness (QED) is 0.627. The molecule has 3 N–H and O–H groups in total. The normalized spacial score (nSPS) is 22.9. The Morgan fingerprint density at radius 1 is 1.48 bits per heavy atom. The van der Waals surface area contributed by atoms with Gasteiger partial charge in [0.1, 0.15) is 6.23 Å². The first-order chi connectivity index (χ1) is 9.94. The SMILES string of the molecule is O=c1[nH]cnc2c1ncn2[C@H]1CC[C@@H](CNS(=O)(=O)O)O1. The van der Waals surface area contributed by atoms with Crippen LogP contribution in [0.2, 0.25) is 0 Å². The number of fused-ring (bicyclic) bond motifs is 1. The van der Waals surface area contributed by atoms with Gasteiger partial charge in [-0.15, -0.1) is 0 Å². The minimum Gasteiger partial charge on any atom is -0.353 e. The molecule has 0 spiro atoms. The Morgan fingerprint density at radius 2 is 2.29 bits per heavy atom. The Morgan fingerprint density at radius 3 is 3.05 bits per heavy atom. The number of hydrogen-bond donors (Lipinski definition) is 3. The van der Waals surface area contributed by atoms with Crippen LogP contribution in [0.5, 0.6) is 0 Å². The number of aromatic nitrogens is 4. The third-order valence-corrected chi connectivity index (χ3v) is 3.79. The average Bonchev–Trinajstić information content (AvgIpc) is 3.02. The summed E-state index contributed by atoms with van der Waals surface area (Å²) in [6.07, 6.45) is 3.24. The van der Waals surface area contributed by atoms with Gasteiger partial charge >= 0.3 is 10.3 Å². The molecule has 0 amide bonds. The lowest BCUT2D eigenvalue weighted by Gasteiger charge is -2.14. The van der Waals surface area contributed by atoms with Crippen LogP contribution in [0.25, 0.3) is 11.2 Å². The van der Waals surface area contributed by atoms with Crippen LogP contribution in [-0.4, -0.2) is 45.1 Å².